The van der Waals surface area contributed by atoms with Crippen molar-refractivity contribution in [1.29, 1.82) is 0 Å². The lowest BCUT2D eigenvalue weighted by atomic mass is 10.1. The van der Waals surface area contributed by atoms with Gasteiger partial charge in [0.1, 0.15) is 0 Å². The molecule has 0 saturated carbocycles. The van der Waals surface area contributed by atoms with E-state index < -0.39 is 8.84 Å². The maximum Gasteiger partial charge on any atom is 0.388 e. The molecule has 0 aromatic heterocycles. The van der Waals surface area contributed by atoms with Crippen molar-refractivity contribution >= 4 is 14.8 Å². The second kappa shape index (κ2) is 42.9. The fourth-order valence-electron chi connectivity index (χ4n) is 6.76. The van der Waals surface area contributed by atoms with Gasteiger partial charge in [0.2, 0.25) is 0 Å². The molecule has 0 aliphatic heterocycles. The Morgan fingerprint density at radius 2 is 0.923 bits per heavy atom. The van der Waals surface area contributed by atoms with Crippen molar-refractivity contribution in [3.05, 3.63) is 0 Å². The Bertz CT molecular complexity index is 725. The fraction of sp³-hybridized carbons (Fsp3) is 0.977. The minimum absolute atomic E-state index is 0.0164. The van der Waals surface area contributed by atoms with Crippen LogP contribution in [0, 0.1) is 0 Å². The molecule has 8 heteroatoms. The first-order valence-electron chi connectivity index (χ1n) is 22.9. The van der Waals surface area contributed by atoms with E-state index in [-0.39, 0.29) is 12.3 Å². The largest absolute Gasteiger partial charge is 0.466 e. The lowest BCUT2D eigenvalue weighted by Crippen LogP contribution is -2.31. The van der Waals surface area contributed by atoms with Gasteiger partial charge in [-0.3, -0.25) is 4.79 Å². The van der Waals surface area contributed by atoms with Gasteiger partial charge in [-0.2, -0.15) is 0 Å². The molecular weight excluding hydrogens is 665 g/mol. The van der Waals surface area contributed by atoms with Crippen LogP contribution in [0.5, 0.6) is 0 Å². The van der Waals surface area contributed by atoms with Crippen molar-refractivity contribution in [2.75, 3.05) is 46.0 Å². The first kappa shape index (κ1) is 51.2. The Kier molecular flexibility index (Phi) is 42.2. The van der Waals surface area contributed by atoms with Crippen LogP contribution in [0.4, 0.5) is 0 Å². The Labute approximate surface area is 326 Å². The highest BCUT2D eigenvalue weighted by molar-refractivity contribution is 6.37. The van der Waals surface area contributed by atoms with E-state index in [2.05, 4.69) is 30.7 Å². The predicted molar refractivity (Wildman–Crippen MR) is 224 cm³/mol. The van der Waals surface area contributed by atoms with Gasteiger partial charge >= 0.3 is 14.8 Å². The van der Waals surface area contributed by atoms with Gasteiger partial charge in [0, 0.05) is 26.2 Å². The predicted octanol–water partition coefficient (Wildman–Crippen LogP) is 12.5. The summed E-state index contributed by atoms with van der Waals surface area (Å²) in [5.74, 6) is -0.0164. The van der Waals surface area contributed by atoms with Crippen LogP contribution < -0.4 is 4.98 Å². The molecule has 0 atom stereocenters. The molecule has 0 rings (SSSR count). The van der Waals surface area contributed by atoms with E-state index in [9.17, 15) is 9.26 Å². The molecule has 0 spiro atoms. The highest BCUT2D eigenvalue weighted by Gasteiger charge is 2.11. The van der Waals surface area contributed by atoms with Crippen LogP contribution in [0.1, 0.15) is 220 Å². The number of rotatable bonds is 44. The van der Waals surface area contributed by atoms with E-state index in [0.29, 0.717) is 13.0 Å². The van der Waals surface area contributed by atoms with E-state index in [1.807, 2.05) is 0 Å². The molecule has 1 N–H and O–H groups in total. The van der Waals surface area contributed by atoms with Gasteiger partial charge in [-0.25, -0.2) is 0 Å². The van der Waals surface area contributed by atoms with Crippen LogP contribution in [0.2, 0.25) is 6.55 Å². The zero-order chi connectivity index (χ0) is 38.0. The Hall–Kier alpha value is -0.833. The van der Waals surface area contributed by atoms with Crippen LogP contribution in [0.25, 0.3) is 0 Å². The topological polar surface area (TPSA) is 77.1 Å². The summed E-state index contributed by atoms with van der Waals surface area (Å²) >= 11 is 0. The number of esters is 1. The van der Waals surface area contributed by atoms with Crippen molar-refractivity contribution in [1.82, 2.24) is 9.88 Å². The summed E-state index contributed by atoms with van der Waals surface area (Å²) in [7, 11) is -1.61. The first-order chi connectivity index (χ1) is 25.5. The normalized spacial score (nSPS) is 11.6. The molecule has 52 heavy (non-hydrogen) atoms. The molecular formula is C44H90N2O5Si. The number of unbranched alkanes of at least 4 members (excludes halogenated alkanes) is 23. The van der Waals surface area contributed by atoms with Gasteiger partial charge in [-0.1, -0.05) is 156 Å². The highest BCUT2D eigenvalue weighted by Crippen LogP contribution is 2.15. The zero-order valence-corrected chi connectivity index (χ0v) is 36.4. The maximum absolute atomic E-state index is 12.1. The zero-order valence-electron chi connectivity index (χ0n) is 35.4. The molecule has 0 amide bonds. The van der Waals surface area contributed by atoms with Crippen molar-refractivity contribution in [2.24, 2.45) is 0 Å². The van der Waals surface area contributed by atoms with Gasteiger partial charge in [-0.15, -0.1) is 0 Å². The van der Waals surface area contributed by atoms with Gasteiger partial charge in [0.05, 0.1) is 6.61 Å². The standard InChI is InChI=1S/C44H90N2O5Si/c1-5-8-11-14-17-25-30-40-49-43(47)34-26-19-18-21-28-37-46(39-33-36-45-52(4)48)38-29-22-20-27-35-44(50-41-31-23-15-12-9-6-2)51-42-32-24-16-13-10-7-3/h44-45H,5-42H2,1-4H3. The molecule has 0 saturated heterocycles. The highest BCUT2D eigenvalue weighted by atomic mass is 28.3. The average Bonchev–Trinajstić information content (AvgIpc) is 3.13. The number of hydrogen-bond acceptors (Lipinski definition) is 6. The van der Waals surface area contributed by atoms with E-state index in [1.165, 1.54) is 148 Å². The number of hydrogen-bond donors (Lipinski definition) is 1. The number of carbonyl (C=O) groups is 1. The summed E-state index contributed by atoms with van der Waals surface area (Å²) in [6.45, 7) is 15.0. The molecule has 0 fully saturated rings. The first-order valence-corrected chi connectivity index (χ1v) is 24.8. The molecule has 0 unspecified atom stereocenters. The summed E-state index contributed by atoms with van der Waals surface area (Å²) in [6.07, 6.45) is 37.2. The molecule has 0 aromatic rings. The smallest absolute Gasteiger partial charge is 0.388 e. The van der Waals surface area contributed by atoms with Crippen LogP contribution in [-0.2, 0) is 23.5 Å². The third-order valence-corrected chi connectivity index (χ3v) is 10.9. The summed E-state index contributed by atoms with van der Waals surface area (Å²) in [5, 5.41) is 0. The molecule has 0 bridgehead atoms. The minimum atomic E-state index is -1.61. The quantitative estimate of drug-likeness (QED) is 0.0287. The Balaban J connectivity index is 4.28. The minimum Gasteiger partial charge on any atom is -0.466 e. The van der Waals surface area contributed by atoms with Crippen molar-refractivity contribution in [3.8, 4) is 0 Å². The fourth-order valence-corrected chi connectivity index (χ4v) is 7.29. The number of nitrogens with zero attached hydrogens (tertiary/aromatic N) is 1. The number of carbonyl (C=O) groups excluding carboxylic acids is 1. The maximum atomic E-state index is 12.1. The van der Waals surface area contributed by atoms with Gasteiger partial charge in [-0.05, 0) is 84.0 Å². The summed E-state index contributed by atoms with van der Waals surface area (Å²) in [5.41, 5.74) is 0. The van der Waals surface area contributed by atoms with Gasteiger partial charge in [0.15, 0.2) is 6.29 Å². The summed E-state index contributed by atoms with van der Waals surface area (Å²) in [4.78, 5) is 17.8. The molecule has 0 heterocycles. The lowest BCUT2D eigenvalue weighted by Gasteiger charge is -2.22. The van der Waals surface area contributed by atoms with Crippen molar-refractivity contribution in [3.63, 3.8) is 0 Å². The third-order valence-electron chi connectivity index (χ3n) is 10.2. The monoisotopic (exact) mass is 755 g/mol. The van der Waals surface area contributed by atoms with Gasteiger partial charge < -0.3 is 28.6 Å². The Morgan fingerprint density at radius 1 is 0.519 bits per heavy atom. The summed E-state index contributed by atoms with van der Waals surface area (Å²) < 4.78 is 29.5. The molecule has 0 aromatic carbocycles. The van der Waals surface area contributed by atoms with Crippen LogP contribution in [0.3, 0.4) is 0 Å². The Morgan fingerprint density at radius 3 is 1.42 bits per heavy atom. The van der Waals surface area contributed by atoms with E-state index >= 15 is 0 Å². The summed E-state index contributed by atoms with van der Waals surface area (Å²) in [6, 6.07) is 0. The third kappa shape index (κ3) is 40.4. The molecule has 0 aliphatic rings. The van der Waals surface area contributed by atoms with E-state index in [0.717, 1.165) is 84.3 Å². The second-order valence-electron chi connectivity index (χ2n) is 15.4. The van der Waals surface area contributed by atoms with Crippen molar-refractivity contribution < 1.29 is 23.5 Å². The van der Waals surface area contributed by atoms with E-state index in [1.54, 1.807) is 6.55 Å². The van der Waals surface area contributed by atoms with Crippen molar-refractivity contribution in [2.45, 2.75) is 233 Å². The molecule has 0 radical (unpaired) electrons. The van der Waals surface area contributed by atoms with E-state index in [4.69, 9.17) is 14.2 Å². The number of ether oxygens (including phenoxy) is 3. The molecule has 0 aliphatic carbocycles. The molecule has 310 valence electrons. The van der Waals surface area contributed by atoms with Crippen LogP contribution >= 0.6 is 0 Å². The van der Waals surface area contributed by atoms with Gasteiger partial charge in [0.25, 0.3) is 0 Å². The SMILES string of the molecule is CCCCCCCCCOC(=O)CCCCCCCN(CCCCCCC(OCCCCCCCC)OCCCCCCCC)CCCN[Si](C)=O. The van der Waals surface area contributed by atoms with Crippen LogP contribution in [-0.4, -0.2) is 72.0 Å². The lowest BCUT2D eigenvalue weighted by molar-refractivity contribution is -0.148. The molecule has 7 nitrogen and oxygen atoms in total. The number of nitrogens with one attached hydrogen (secondary N) is 1. The van der Waals surface area contributed by atoms with Crippen LogP contribution in [0.15, 0.2) is 0 Å². The second-order valence-corrected chi connectivity index (χ2v) is 16.9. The average molecular weight is 755 g/mol.